The molecule has 1 aliphatic heterocycles. The van der Waals surface area contributed by atoms with Crippen molar-refractivity contribution in [3.05, 3.63) is 0 Å². The molecule has 4 nitrogen and oxygen atoms in total. The Labute approximate surface area is 104 Å². The molecule has 2 N–H and O–H groups in total. The minimum absolute atomic E-state index is 0.101. The highest BCUT2D eigenvalue weighted by atomic mass is 16.5. The Morgan fingerprint density at radius 1 is 1.35 bits per heavy atom. The molecule has 0 bridgehead atoms. The van der Waals surface area contributed by atoms with Crippen LogP contribution in [0.15, 0.2) is 0 Å². The molecule has 1 amide bonds. The summed E-state index contributed by atoms with van der Waals surface area (Å²) in [4.78, 5) is 11.7. The predicted octanol–water partition coefficient (Wildman–Crippen LogP) is 1.31. The minimum atomic E-state index is 0.101. The molecular formula is C13H26N2O2. The van der Waals surface area contributed by atoms with Gasteiger partial charge in [0, 0.05) is 25.8 Å². The third-order valence-electron chi connectivity index (χ3n) is 3.43. The van der Waals surface area contributed by atoms with Crippen molar-refractivity contribution >= 4 is 5.91 Å². The lowest BCUT2D eigenvalue weighted by Crippen LogP contribution is -2.44. The van der Waals surface area contributed by atoms with Crippen LogP contribution in [0.3, 0.4) is 0 Å². The van der Waals surface area contributed by atoms with Crippen molar-refractivity contribution in [2.45, 2.75) is 46.1 Å². The molecule has 0 aliphatic carbocycles. The van der Waals surface area contributed by atoms with Gasteiger partial charge in [-0.25, -0.2) is 0 Å². The van der Waals surface area contributed by atoms with E-state index >= 15 is 0 Å². The van der Waals surface area contributed by atoms with Crippen LogP contribution in [0.2, 0.25) is 0 Å². The highest BCUT2D eigenvalue weighted by molar-refractivity contribution is 5.78. The molecule has 0 saturated carbocycles. The van der Waals surface area contributed by atoms with Gasteiger partial charge in [-0.2, -0.15) is 0 Å². The molecule has 1 fully saturated rings. The molecule has 100 valence electrons. The van der Waals surface area contributed by atoms with E-state index in [2.05, 4.69) is 31.4 Å². The summed E-state index contributed by atoms with van der Waals surface area (Å²) in [5.41, 5.74) is 0.263. The van der Waals surface area contributed by atoms with Gasteiger partial charge in [-0.1, -0.05) is 20.8 Å². The summed E-state index contributed by atoms with van der Waals surface area (Å²) in [6, 6.07) is 0.303. The van der Waals surface area contributed by atoms with Gasteiger partial charge >= 0.3 is 0 Å². The van der Waals surface area contributed by atoms with Crippen LogP contribution in [-0.4, -0.2) is 38.3 Å². The number of hydrogen-bond donors (Lipinski definition) is 2. The first-order chi connectivity index (χ1) is 8.03. The third-order valence-corrected chi connectivity index (χ3v) is 3.43. The van der Waals surface area contributed by atoms with Crippen molar-refractivity contribution < 1.29 is 9.53 Å². The summed E-state index contributed by atoms with van der Waals surface area (Å²) < 4.78 is 5.25. The molecular weight excluding hydrogens is 216 g/mol. The maximum Gasteiger partial charge on any atom is 0.234 e. The van der Waals surface area contributed by atoms with Crippen molar-refractivity contribution in [3.63, 3.8) is 0 Å². The Morgan fingerprint density at radius 2 is 2.00 bits per heavy atom. The fraction of sp³-hybridized carbons (Fsp3) is 0.923. The maximum atomic E-state index is 11.7. The molecule has 0 radical (unpaired) electrons. The topological polar surface area (TPSA) is 50.4 Å². The average molecular weight is 242 g/mol. The molecule has 1 rings (SSSR count). The van der Waals surface area contributed by atoms with Gasteiger partial charge in [-0.15, -0.1) is 0 Å². The second-order valence-corrected chi connectivity index (χ2v) is 5.58. The third kappa shape index (κ3) is 6.03. The monoisotopic (exact) mass is 242 g/mol. The van der Waals surface area contributed by atoms with Gasteiger partial charge in [-0.05, 0) is 24.7 Å². The lowest BCUT2D eigenvalue weighted by atomic mass is 9.90. The fourth-order valence-corrected chi connectivity index (χ4v) is 1.76. The number of rotatable bonds is 6. The van der Waals surface area contributed by atoms with E-state index in [0.717, 1.165) is 39.0 Å². The molecule has 0 aromatic carbocycles. The van der Waals surface area contributed by atoms with Gasteiger partial charge in [0.2, 0.25) is 5.91 Å². The molecule has 1 heterocycles. The van der Waals surface area contributed by atoms with Gasteiger partial charge in [0.25, 0.3) is 0 Å². The zero-order chi connectivity index (χ0) is 12.7. The molecule has 0 spiro atoms. The number of amides is 1. The van der Waals surface area contributed by atoms with E-state index in [-0.39, 0.29) is 11.3 Å². The molecule has 1 saturated heterocycles. The Morgan fingerprint density at radius 3 is 2.59 bits per heavy atom. The van der Waals surface area contributed by atoms with E-state index in [9.17, 15) is 4.79 Å². The van der Waals surface area contributed by atoms with Crippen molar-refractivity contribution in [1.82, 2.24) is 10.6 Å². The molecule has 4 heteroatoms. The van der Waals surface area contributed by atoms with E-state index in [1.165, 1.54) is 0 Å². The van der Waals surface area contributed by atoms with Gasteiger partial charge in [-0.3, -0.25) is 4.79 Å². The van der Waals surface area contributed by atoms with Crippen LogP contribution in [0.1, 0.15) is 40.0 Å². The minimum Gasteiger partial charge on any atom is -0.381 e. The van der Waals surface area contributed by atoms with Crippen LogP contribution >= 0.6 is 0 Å². The Hall–Kier alpha value is -0.610. The van der Waals surface area contributed by atoms with Crippen LogP contribution in [-0.2, 0) is 9.53 Å². The molecule has 0 aromatic heterocycles. The second kappa shape index (κ2) is 6.97. The van der Waals surface area contributed by atoms with Crippen LogP contribution in [0.25, 0.3) is 0 Å². The lowest BCUT2D eigenvalue weighted by molar-refractivity contribution is -0.121. The van der Waals surface area contributed by atoms with E-state index in [0.29, 0.717) is 12.6 Å². The quantitative estimate of drug-likeness (QED) is 0.738. The SMILES string of the molecule is CCC(C)(C)CNCC(=O)NC1CCOCC1. The summed E-state index contributed by atoms with van der Waals surface area (Å²) in [5.74, 6) is 0.101. The van der Waals surface area contributed by atoms with E-state index in [1.54, 1.807) is 0 Å². The summed E-state index contributed by atoms with van der Waals surface area (Å²) in [6.45, 7) is 9.41. The number of ether oxygens (including phenoxy) is 1. The van der Waals surface area contributed by atoms with Crippen LogP contribution in [0.4, 0.5) is 0 Å². The Bertz CT molecular complexity index is 236. The van der Waals surface area contributed by atoms with Gasteiger partial charge in [0.1, 0.15) is 0 Å². The molecule has 17 heavy (non-hydrogen) atoms. The molecule has 0 aromatic rings. The van der Waals surface area contributed by atoms with Gasteiger partial charge < -0.3 is 15.4 Å². The van der Waals surface area contributed by atoms with Crippen molar-refractivity contribution in [1.29, 1.82) is 0 Å². The van der Waals surface area contributed by atoms with Crippen LogP contribution < -0.4 is 10.6 Å². The number of carbonyl (C=O) groups excluding carboxylic acids is 1. The second-order valence-electron chi connectivity index (χ2n) is 5.58. The highest BCUT2D eigenvalue weighted by Crippen LogP contribution is 2.17. The molecule has 0 unspecified atom stereocenters. The van der Waals surface area contributed by atoms with Crippen molar-refractivity contribution in [2.24, 2.45) is 5.41 Å². The van der Waals surface area contributed by atoms with Gasteiger partial charge in [0.05, 0.1) is 6.54 Å². The standard InChI is InChI=1S/C13H26N2O2/c1-4-13(2,3)10-14-9-12(16)15-11-5-7-17-8-6-11/h11,14H,4-10H2,1-3H3,(H,15,16). The first-order valence-electron chi connectivity index (χ1n) is 6.61. The average Bonchev–Trinajstić information content (AvgIpc) is 2.30. The summed E-state index contributed by atoms with van der Waals surface area (Å²) in [7, 11) is 0. The Balaban J connectivity index is 2.12. The number of carbonyl (C=O) groups is 1. The number of nitrogens with one attached hydrogen (secondary N) is 2. The van der Waals surface area contributed by atoms with E-state index < -0.39 is 0 Å². The zero-order valence-electron chi connectivity index (χ0n) is 11.3. The summed E-state index contributed by atoms with van der Waals surface area (Å²) in [6.07, 6.45) is 2.99. The first-order valence-corrected chi connectivity index (χ1v) is 6.61. The zero-order valence-corrected chi connectivity index (χ0v) is 11.3. The number of hydrogen-bond acceptors (Lipinski definition) is 3. The Kier molecular flexibility index (Phi) is 5.92. The summed E-state index contributed by atoms with van der Waals surface area (Å²) >= 11 is 0. The predicted molar refractivity (Wildman–Crippen MR) is 68.9 cm³/mol. The van der Waals surface area contributed by atoms with Crippen LogP contribution in [0, 0.1) is 5.41 Å². The van der Waals surface area contributed by atoms with Crippen molar-refractivity contribution in [3.8, 4) is 0 Å². The van der Waals surface area contributed by atoms with Crippen molar-refractivity contribution in [2.75, 3.05) is 26.3 Å². The lowest BCUT2D eigenvalue weighted by Gasteiger charge is -2.25. The normalized spacial score (nSPS) is 18.1. The summed E-state index contributed by atoms with van der Waals surface area (Å²) in [5, 5.41) is 6.26. The largest absolute Gasteiger partial charge is 0.381 e. The molecule has 0 atom stereocenters. The molecule has 1 aliphatic rings. The first kappa shape index (κ1) is 14.5. The smallest absolute Gasteiger partial charge is 0.234 e. The van der Waals surface area contributed by atoms with Gasteiger partial charge in [0.15, 0.2) is 0 Å². The van der Waals surface area contributed by atoms with Crippen LogP contribution in [0.5, 0.6) is 0 Å². The maximum absolute atomic E-state index is 11.7. The highest BCUT2D eigenvalue weighted by Gasteiger charge is 2.17. The fourth-order valence-electron chi connectivity index (χ4n) is 1.76. The van der Waals surface area contributed by atoms with E-state index in [4.69, 9.17) is 4.74 Å². The van der Waals surface area contributed by atoms with E-state index in [1.807, 2.05) is 0 Å².